The van der Waals surface area contributed by atoms with E-state index in [2.05, 4.69) is 4.98 Å². The quantitative estimate of drug-likeness (QED) is 0.579. The van der Waals surface area contributed by atoms with E-state index in [1.165, 1.54) is 0 Å². The second kappa shape index (κ2) is 3.08. The molecule has 0 aliphatic heterocycles. The molecule has 1 aromatic heterocycles. The zero-order valence-electron chi connectivity index (χ0n) is 5.91. The molecule has 0 aromatic carbocycles. The molecule has 1 aromatic rings. The molecule has 1 heterocycles. The Morgan fingerprint density at radius 1 is 1.82 bits per heavy atom. The number of aromatic nitrogens is 1. The molecule has 1 atom stereocenters. The maximum atomic E-state index is 9.10. The van der Waals surface area contributed by atoms with Gasteiger partial charge in [-0.05, 0) is 6.07 Å². The summed E-state index contributed by atoms with van der Waals surface area (Å²) in [4.78, 5) is 2.57. The summed E-state index contributed by atoms with van der Waals surface area (Å²) in [6.07, 6.45) is 1.80. The number of nitrogens with one attached hydrogen (secondary N) is 1. The zero-order valence-corrected chi connectivity index (χ0v) is 5.91. The van der Waals surface area contributed by atoms with Gasteiger partial charge in [-0.2, -0.15) is 5.26 Å². The third kappa shape index (κ3) is 1.51. The molecule has 0 fully saturated rings. The van der Waals surface area contributed by atoms with E-state index in [0.29, 0.717) is 5.56 Å². The molecule has 1 rings (SSSR count). The van der Waals surface area contributed by atoms with E-state index in [0.717, 1.165) is 0 Å². The Kier molecular flexibility index (Phi) is 2.14. The first kappa shape index (κ1) is 7.63. The highest BCUT2D eigenvalue weighted by atomic mass is 16.3. The van der Waals surface area contributed by atoms with Crippen molar-refractivity contribution in [2.75, 3.05) is 0 Å². The number of aromatic hydroxyl groups is 1. The molecule has 0 radical (unpaired) electrons. The van der Waals surface area contributed by atoms with Gasteiger partial charge >= 0.3 is 0 Å². The largest absolute Gasteiger partial charge is 0.494 e. The Morgan fingerprint density at radius 2 is 2.55 bits per heavy atom. The van der Waals surface area contributed by atoms with Crippen molar-refractivity contribution >= 4 is 0 Å². The molecule has 0 saturated carbocycles. The lowest BCUT2D eigenvalue weighted by Crippen LogP contribution is -2.08. The predicted octanol–water partition coefficient (Wildman–Crippen LogP) is 0.634. The van der Waals surface area contributed by atoms with Crippen LogP contribution in [0.3, 0.4) is 0 Å². The van der Waals surface area contributed by atoms with Crippen LogP contribution in [0.5, 0.6) is 5.88 Å². The van der Waals surface area contributed by atoms with E-state index in [1.54, 1.807) is 12.3 Å². The van der Waals surface area contributed by atoms with E-state index in [4.69, 9.17) is 16.1 Å². The minimum Gasteiger partial charge on any atom is -0.494 e. The van der Waals surface area contributed by atoms with Crippen LogP contribution < -0.4 is 5.73 Å². The minimum atomic E-state index is -0.397. The summed E-state index contributed by atoms with van der Waals surface area (Å²) in [5, 5.41) is 17.4. The van der Waals surface area contributed by atoms with Crippen molar-refractivity contribution in [3.05, 3.63) is 17.8 Å². The van der Waals surface area contributed by atoms with Crippen LogP contribution in [0.25, 0.3) is 0 Å². The van der Waals surface area contributed by atoms with Gasteiger partial charge in [-0.1, -0.05) is 0 Å². The second-order valence-electron chi connectivity index (χ2n) is 2.25. The monoisotopic (exact) mass is 151 g/mol. The van der Waals surface area contributed by atoms with Gasteiger partial charge < -0.3 is 15.8 Å². The van der Waals surface area contributed by atoms with Gasteiger partial charge in [0.2, 0.25) is 0 Å². The zero-order chi connectivity index (χ0) is 8.27. The molecule has 11 heavy (non-hydrogen) atoms. The molecule has 4 nitrogen and oxygen atoms in total. The van der Waals surface area contributed by atoms with Gasteiger partial charge in [-0.15, -0.1) is 0 Å². The van der Waals surface area contributed by atoms with E-state index in [9.17, 15) is 0 Å². The average Bonchev–Trinajstić information content (AvgIpc) is 2.36. The van der Waals surface area contributed by atoms with E-state index >= 15 is 0 Å². The van der Waals surface area contributed by atoms with E-state index < -0.39 is 6.04 Å². The summed E-state index contributed by atoms with van der Waals surface area (Å²) in [7, 11) is 0. The van der Waals surface area contributed by atoms with Crippen LogP contribution in [0.4, 0.5) is 0 Å². The number of hydrogen-bond donors (Lipinski definition) is 3. The lowest BCUT2D eigenvalue weighted by Gasteiger charge is -2.03. The molecule has 58 valence electrons. The van der Waals surface area contributed by atoms with E-state index in [1.807, 2.05) is 6.07 Å². The van der Waals surface area contributed by atoms with Crippen molar-refractivity contribution < 1.29 is 5.11 Å². The molecule has 0 spiro atoms. The van der Waals surface area contributed by atoms with Gasteiger partial charge in [0.1, 0.15) is 0 Å². The Balaban J connectivity index is 2.77. The second-order valence-corrected chi connectivity index (χ2v) is 2.25. The van der Waals surface area contributed by atoms with Crippen LogP contribution >= 0.6 is 0 Å². The summed E-state index contributed by atoms with van der Waals surface area (Å²) >= 11 is 0. The fourth-order valence-electron chi connectivity index (χ4n) is 0.880. The molecular weight excluding hydrogens is 142 g/mol. The molecule has 1 unspecified atom stereocenters. The van der Waals surface area contributed by atoms with Crippen LogP contribution in [-0.2, 0) is 0 Å². The first-order chi connectivity index (χ1) is 5.25. The van der Waals surface area contributed by atoms with Gasteiger partial charge in [0.15, 0.2) is 5.88 Å². The number of hydrogen-bond acceptors (Lipinski definition) is 3. The highest BCUT2D eigenvalue weighted by molar-refractivity contribution is 5.28. The van der Waals surface area contributed by atoms with Crippen molar-refractivity contribution in [3.63, 3.8) is 0 Å². The highest BCUT2D eigenvalue weighted by Gasteiger charge is 2.10. The SMILES string of the molecule is N#CCC(N)c1cc[nH]c1O. The summed E-state index contributed by atoms with van der Waals surface area (Å²) < 4.78 is 0. The van der Waals surface area contributed by atoms with Crippen molar-refractivity contribution in [2.24, 2.45) is 5.73 Å². The normalized spacial score (nSPS) is 12.4. The standard InChI is InChI=1S/C7H9N3O/c8-3-1-6(9)5-2-4-10-7(5)11/h2,4,6,10-11H,1,9H2. The minimum absolute atomic E-state index is 0.0488. The molecule has 0 bridgehead atoms. The number of rotatable bonds is 2. The number of nitrogens with zero attached hydrogens (tertiary/aromatic N) is 1. The van der Waals surface area contributed by atoms with Gasteiger partial charge in [0.25, 0.3) is 0 Å². The fourth-order valence-corrected chi connectivity index (χ4v) is 0.880. The van der Waals surface area contributed by atoms with Crippen LogP contribution in [0, 0.1) is 11.3 Å². The molecule has 0 saturated heterocycles. The Labute approximate surface area is 64.3 Å². The molecule has 0 amide bonds. The molecule has 0 aliphatic rings. The lowest BCUT2D eigenvalue weighted by molar-refractivity contribution is 0.445. The summed E-state index contributed by atoms with van der Waals surface area (Å²) in [5.41, 5.74) is 6.14. The van der Waals surface area contributed by atoms with Crippen LogP contribution in [-0.4, -0.2) is 10.1 Å². The number of nitrogens with two attached hydrogens (primary N) is 1. The third-order valence-corrected chi connectivity index (χ3v) is 1.47. The smallest absolute Gasteiger partial charge is 0.193 e. The molecular formula is C7H9N3O. The topological polar surface area (TPSA) is 85.8 Å². The molecule has 4 N–H and O–H groups in total. The first-order valence-electron chi connectivity index (χ1n) is 3.24. The maximum absolute atomic E-state index is 9.10. The first-order valence-corrected chi connectivity index (χ1v) is 3.24. The fraction of sp³-hybridized carbons (Fsp3) is 0.286. The van der Waals surface area contributed by atoms with Crippen LogP contribution in [0.1, 0.15) is 18.0 Å². The number of nitriles is 1. The maximum Gasteiger partial charge on any atom is 0.193 e. The van der Waals surface area contributed by atoms with Gasteiger partial charge in [-0.3, -0.25) is 0 Å². The molecule has 4 heteroatoms. The van der Waals surface area contributed by atoms with Crippen molar-refractivity contribution in [3.8, 4) is 11.9 Å². The number of H-pyrrole nitrogens is 1. The highest BCUT2D eigenvalue weighted by Crippen LogP contribution is 2.21. The van der Waals surface area contributed by atoms with E-state index in [-0.39, 0.29) is 12.3 Å². The van der Waals surface area contributed by atoms with Gasteiger partial charge in [-0.25, -0.2) is 0 Å². The average molecular weight is 151 g/mol. The van der Waals surface area contributed by atoms with Crippen molar-refractivity contribution in [2.45, 2.75) is 12.5 Å². The van der Waals surface area contributed by atoms with Crippen molar-refractivity contribution in [1.82, 2.24) is 4.98 Å². The van der Waals surface area contributed by atoms with Gasteiger partial charge in [0.05, 0.1) is 12.5 Å². The van der Waals surface area contributed by atoms with Crippen LogP contribution in [0.15, 0.2) is 12.3 Å². The summed E-state index contributed by atoms with van der Waals surface area (Å²) in [5.74, 6) is 0.0488. The molecule has 0 aliphatic carbocycles. The number of aromatic amines is 1. The van der Waals surface area contributed by atoms with Crippen LogP contribution in [0.2, 0.25) is 0 Å². The Hall–Kier alpha value is -1.47. The van der Waals surface area contributed by atoms with Gasteiger partial charge in [0, 0.05) is 17.8 Å². The Bertz CT molecular complexity index is 273. The summed E-state index contributed by atoms with van der Waals surface area (Å²) in [6, 6.07) is 3.20. The lowest BCUT2D eigenvalue weighted by atomic mass is 10.1. The van der Waals surface area contributed by atoms with Crippen molar-refractivity contribution in [1.29, 1.82) is 5.26 Å². The summed E-state index contributed by atoms with van der Waals surface area (Å²) in [6.45, 7) is 0. The third-order valence-electron chi connectivity index (χ3n) is 1.47. The predicted molar refractivity (Wildman–Crippen MR) is 39.6 cm³/mol. The Morgan fingerprint density at radius 3 is 3.00 bits per heavy atom.